The highest BCUT2D eigenvalue weighted by molar-refractivity contribution is 5.94. The Labute approximate surface area is 150 Å². The average Bonchev–Trinajstić information content (AvgIpc) is 2.64. The molecule has 0 radical (unpaired) electrons. The van der Waals surface area contributed by atoms with Crippen LogP contribution in [0.4, 0.5) is 0 Å². The molecular formula is C21H27N3O. The van der Waals surface area contributed by atoms with Crippen molar-refractivity contribution < 1.29 is 4.79 Å². The molecule has 1 aromatic carbocycles. The standard InChI is InChI=1S/C21H27N3O/c1-16-6-7-19(13-17(16)2)21(25)23-14-18-8-11-24(12-9-18)15-20-5-3-4-10-22-20/h3-7,10,13,18H,8-9,11-12,14-15H2,1-2H3,(H,23,25). The summed E-state index contributed by atoms with van der Waals surface area (Å²) < 4.78 is 0. The van der Waals surface area contributed by atoms with Crippen LogP contribution >= 0.6 is 0 Å². The van der Waals surface area contributed by atoms with Crippen LogP contribution in [0.1, 0.15) is 40.0 Å². The number of nitrogens with zero attached hydrogens (tertiary/aromatic N) is 2. The number of piperidine rings is 1. The molecule has 25 heavy (non-hydrogen) atoms. The Morgan fingerprint density at radius 3 is 2.64 bits per heavy atom. The zero-order valence-corrected chi connectivity index (χ0v) is 15.2. The predicted octanol–water partition coefficient (Wildman–Crippen LogP) is 3.34. The van der Waals surface area contributed by atoms with Gasteiger partial charge in [0.1, 0.15) is 0 Å². The van der Waals surface area contributed by atoms with Gasteiger partial charge in [0.05, 0.1) is 5.69 Å². The highest BCUT2D eigenvalue weighted by Gasteiger charge is 2.20. The summed E-state index contributed by atoms with van der Waals surface area (Å²) in [5, 5.41) is 3.11. The van der Waals surface area contributed by atoms with Gasteiger partial charge < -0.3 is 5.32 Å². The van der Waals surface area contributed by atoms with Crippen molar-refractivity contribution in [3.05, 3.63) is 65.0 Å². The number of amides is 1. The molecule has 4 heteroatoms. The number of carbonyl (C=O) groups excluding carboxylic acids is 1. The molecule has 132 valence electrons. The Hall–Kier alpha value is -2.20. The van der Waals surface area contributed by atoms with E-state index in [0.29, 0.717) is 5.92 Å². The summed E-state index contributed by atoms with van der Waals surface area (Å²) in [7, 11) is 0. The van der Waals surface area contributed by atoms with Crippen molar-refractivity contribution in [2.24, 2.45) is 5.92 Å². The van der Waals surface area contributed by atoms with Gasteiger partial charge in [-0.15, -0.1) is 0 Å². The first-order valence-corrected chi connectivity index (χ1v) is 9.09. The molecule has 2 heterocycles. The summed E-state index contributed by atoms with van der Waals surface area (Å²) in [4.78, 5) is 19.2. The molecule has 1 saturated heterocycles. The number of likely N-dealkylation sites (tertiary alicyclic amines) is 1. The molecule has 1 N–H and O–H groups in total. The summed E-state index contributed by atoms with van der Waals surface area (Å²) in [5.41, 5.74) is 4.27. The van der Waals surface area contributed by atoms with Crippen molar-refractivity contribution in [2.45, 2.75) is 33.2 Å². The molecule has 0 spiro atoms. The number of benzene rings is 1. The van der Waals surface area contributed by atoms with Crippen LogP contribution in [0.3, 0.4) is 0 Å². The second kappa shape index (κ2) is 8.26. The van der Waals surface area contributed by atoms with Gasteiger partial charge in [-0.3, -0.25) is 14.7 Å². The highest BCUT2D eigenvalue weighted by Crippen LogP contribution is 2.18. The number of rotatable bonds is 5. The molecule has 0 atom stereocenters. The largest absolute Gasteiger partial charge is 0.352 e. The molecular weight excluding hydrogens is 310 g/mol. The Kier molecular flexibility index (Phi) is 5.82. The van der Waals surface area contributed by atoms with E-state index in [9.17, 15) is 4.79 Å². The third-order valence-electron chi connectivity index (χ3n) is 5.14. The van der Waals surface area contributed by atoms with Gasteiger partial charge in [-0.1, -0.05) is 12.1 Å². The molecule has 0 saturated carbocycles. The second-order valence-electron chi connectivity index (χ2n) is 7.05. The first-order valence-electron chi connectivity index (χ1n) is 9.09. The molecule has 0 bridgehead atoms. The van der Waals surface area contributed by atoms with Crippen LogP contribution in [-0.4, -0.2) is 35.4 Å². The highest BCUT2D eigenvalue weighted by atomic mass is 16.1. The van der Waals surface area contributed by atoms with Gasteiger partial charge in [-0.05, 0) is 81.1 Å². The average molecular weight is 337 g/mol. The van der Waals surface area contributed by atoms with Gasteiger partial charge in [-0.25, -0.2) is 0 Å². The number of aromatic nitrogens is 1. The van der Waals surface area contributed by atoms with E-state index >= 15 is 0 Å². The third kappa shape index (κ3) is 4.89. The Balaban J connectivity index is 1.43. The number of pyridine rings is 1. The molecule has 0 unspecified atom stereocenters. The quantitative estimate of drug-likeness (QED) is 0.910. The van der Waals surface area contributed by atoms with Gasteiger partial charge in [-0.2, -0.15) is 0 Å². The molecule has 1 fully saturated rings. The van der Waals surface area contributed by atoms with Crippen LogP contribution in [-0.2, 0) is 6.54 Å². The SMILES string of the molecule is Cc1ccc(C(=O)NCC2CCN(Cc3ccccn3)CC2)cc1C. The van der Waals surface area contributed by atoms with E-state index in [1.807, 2.05) is 43.5 Å². The predicted molar refractivity (Wildman–Crippen MR) is 100 cm³/mol. The van der Waals surface area contributed by atoms with E-state index in [1.165, 1.54) is 5.56 Å². The van der Waals surface area contributed by atoms with E-state index in [2.05, 4.69) is 28.2 Å². The second-order valence-corrected chi connectivity index (χ2v) is 7.05. The van der Waals surface area contributed by atoms with Crippen molar-refractivity contribution in [1.29, 1.82) is 0 Å². The fourth-order valence-electron chi connectivity index (χ4n) is 3.29. The number of nitrogens with one attached hydrogen (secondary N) is 1. The number of aryl methyl sites for hydroxylation is 2. The lowest BCUT2D eigenvalue weighted by Crippen LogP contribution is -2.38. The minimum absolute atomic E-state index is 0.0408. The Bertz CT molecular complexity index is 706. The van der Waals surface area contributed by atoms with Gasteiger partial charge in [0.25, 0.3) is 5.91 Å². The molecule has 3 rings (SSSR count). The van der Waals surface area contributed by atoms with E-state index in [1.54, 1.807) is 0 Å². The lowest BCUT2D eigenvalue weighted by atomic mass is 9.96. The van der Waals surface area contributed by atoms with Crippen molar-refractivity contribution in [1.82, 2.24) is 15.2 Å². The van der Waals surface area contributed by atoms with E-state index in [-0.39, 0.29) is 5.91 Å². The fraction of sp³-hybridized carbons (Fsp3) is 0.429. The summed E-state index contributed by atoms with van der Waals surface area (Å²) in [6, 6.07) is 12.0. The lowest BCUT2D eigenvalue weighted by Gasteiger charge is -2.31. The lowest BCUT2D eigenvalue weighted by molar-refractivity contribution is 0.0935. The number of hydrogen-bond acceptors (Lipinski definition) is 3. The smallest absolute Gasteiger partial charge is 0.251 e. The molecule has 4 nitrogen and oxygen atoms in total. The zero-order valence-electron chi connectivity index (χ0n) is 15.2. The van der Waals surface area contributed by atoms with Crippen molar-refractivity contribution in [2.75, 3.05) is 19.6 Å². The van der Waals surface area contributed by atoms with Crippen LogP contribution in [0, 0.1) is 19.8 Å². The topological polar surface area (TPSA) is 45.2 Å². The van der Waals surface area contributed by atoms with E-state index in [0.717, 1.165) is 55.8 Å². The molecule has 1 aromatic heterocycles. The molecule has 1 aliphatic heterocycles. The number of hydrogen-bond donors (Lipinski definition) is 1. The van der Waals surface area contributed by atoms with Gasteiger partial charge in [0, 0.05) is 24.8 Å². The van der Waals surface area contributed by atoms with Crippen molar-refractivity contribution >= 4 is 5.91 Å². The molecule has 1 aliphatic rings. The Morgan fingerprint density at radius 1 is 1.16 bits per heavy atom. The molecule has 1 amide bonds. The van der Waals surface area contributed by atoms with Crippen molar-refractivity contribution in [3.63, 3.8) is 0 Å². The number of carbonyl (C=O) groups is 1. The zero-order chi connectivity index (χ0) is 17.6. The van der Waals surface area contributed by atoms with Gasteiger partial charge >= 0.3 is 0 Å². The van der Waals surface area contributed by atoms with Crippen LogP contribution in [0.5, 0.6) is 0 Å². The van der Waals surface area contributed by atoms with Crippen molar-refractivity contribution in [3.8, 4) is 0 Å². The first kappa shape index (κ1) is 17.6. The van der Waals surface area contributed by atoms with E-state index < -0.39 is 0 Å². The summed E-state index contributed by atoms with van der Waals surface area (Å²) in [6.07, 6.45) is 4.10. The molecule has 2 aromatic rings. The van der Waals surface area contributed by atoms with E-state index in [4.69, 9.17) is 0 Å². The maximum Gasteiger partial charge on any atom is 0.251 e. The monoisotopic (exact) mass is 337 g/mol. The van der Waals surface area contributed by atoms with Crippen LogP contribution < -0.4 is 5.32 Å². The van der Waals surface area contributed by atoms with Gasteiger partial charge in [0.2, 0.25) is 0 Å². The maximum atomic E-state index is 12.3. The third-order valence-corrected chi connectivity index (χ3v) is 5.14. The molecule has 0 aliphatic carbocycles. The Morgan fingerprint density at radius 2 is 1.96 bits per heavy atom. The summed E-state index contributed by atoms with van der Waals surface area (Å²) in [6.45, 7) is 7.94. The van der Waals surface area contributed by atoms with Crippen LogP contribution in [0.25, 0.3) is 0 Å². The minimum atomic E-state index is 0.0408. The summed E-state index contributed by atoms with van der Waals surface area (Å²) >= 11 is 0. The maximum absolute atomic E-state index is 12.3. The fourth-order valence-corrected chi connectivity index (χ4v) is 3.29. The minimum Gasteiger partial charge on any atom is -0.352 e. The first-order chi connectivity index (χ1) is 12.1. The normalized spacial score (nSPS) is 15.9. The van der Waals surface area contributed by atoms with Crippen LogP contribution in [0.15, 0.2) is 42.6 Å². The van der Waals surface area contributed by atoms with Gasteiger partial charge in [0.15, 0.2) is 0 Å². The summed E-state index contributed by atoms with van der Waals surface area (Å²) in [5.74, 6) is 0.606. The van der Waals surface area contributed by atoms with Crippen LogP contribution in [0.2, 0.25) is 0 Å².